The molecule has 3 atom stereocenters. The van der Waals surface area contributed by atoms with E-state index in [0.717, 1.165) is 31.7 Å². The quantitative estimate of drug-likeness (QED) is 0.681. The summed E-state index contributed by atoms with van der Waals surface area (Å²) in [5.41, 5.74) is 5.72. The van der Waals surface area contributed by atoms with Crippen molar-refractivity contribution in [2.45, 2.75) is 50.7 Å². The minimum Gasteiger partial charge on any atom is -0.368 e. The van der Waals surface area contributed by atoms with Crippen molar-refractivity contribution in [1.29, 1.82) is 0 Å². The fraction of sp³-hybridized carbons (Fsp3) is 0.562. The van der Waals surface area contributed by atoms with E-state index in [4.69, 9.17) is 5.73 Å². The van der Waals surface area contributed by atoms with Gasteiger partial charge in [0.1, 0.15) is 5.82 Å². The molecule has 1 aliphatic heterocycles. The molecule has 1 saturated carbocycles. The molecule has 7 heteroatoms. The van der Waals surface area contributed by atoms with Gasteiger partial charge in [-0.3, -0.25) is 19.8 Å². The van der Waals surface area contributed by atoms with Crippen LogP contribution in [0, 0.1) is 21.8 Å². The summed E-state index contributed by atoms with van der Waals surface area (Å²) in [5, 5.41) is 11.2. The molecule has 0 unspecified atom stereocenters. The first-order valence-electron chi connectivity index (χ1n) is 7.95. The second-order valence-corrected chi connectivity index (χ2v) is 6.47. The lowest BCUT2D eigenvalue weighted by atomic mass is 9.84. The van der Waals surface area contributed by atoms with Gasteiger partial charge in [0.05, 0.1) is 11.0 Å². The van der Waals surface area contributed by atoms with E-state index in [1.807, 2.05) is 4.90 Å². The highest BCUT2D eigenvalue weighted by molar-refractivity contribution is 5.80. The molecule has 23 heavy (non-hydrogen) atoms. The molecule has 2 N–H and O–H groups in total. The van der Waals surface area contributed by atoms with Gasteiger partial charge in [-0.25, -0.2) is 4.39 Å². The number of nitro benzene ring substituents is 1. The molecule has 0 bridgehead atoms. The molecule has 0 spiro atoms. The van der Waals surface area contributed by atoms with Gasteiger partial charge >= 0.3 is 0 Å². The van der Waals surface area contributed by atoms with Crippen LogP contribution < -0.4 is 5.73 Å². The maximum Gasteiger partial charge on any atom is 0.274 e. The number of halogens is 1. The van der Waals surface area contributed by atoms with Crippen molar-refractivity contribution in [3.05, 3.63) is 39.7 Å². The molecule has 0 radical (unpaired) electrons. The Labute approximate surface area is 133 Å². The Morgan fingerprint density at radius 3 is 2.83 bits per heavy atom. The molecule has 1 saturated heterocycles. The number of benzene rings is 1. The summed E-state index contributed by atoms with van der Waals surface area (Å²) in [7, 11) is 0. The Kier molecular flexibility index (Phi) is 4.30. The molecule has 1 aliphatic carbocycles. The van der Waals surface area contributed by atoms with Crippen LogP contribution in [0.2, 0.25) is 0 Å². The van der Waals surface area contributed by atoms with E-state index in [-0.39, 0.29) is 18.3 Å². The van der Waals surface area contributed by atoms with E-state index >= 15 is 0 Å². The Morgan fingerprint density at radius 2 is 2.13 bits per heavy atom. The zero-order valence-corrected chi connectivity index (χ0v) is 12.8. The minimum absolute atomic E-state index is 0.117. The number of nitro groups is 1. The number of primary amides is 1. The van der Waals surface area contributed by atoms with Crippen molar-refractivity contribution in [3.63, 3.8) is 0 Å². The molecule has 1 amide bonds. The summed E-state index contributed by atoms with van der Waals surface area (Å²) in [5.74, 6) is -0.520. The molecule has 2 aliphatic rings. The van der Waals surface area contributed by atoms with E-state index in [1.54, 1.807) is 0 Å². The zero-order chi connectivity index (χ0) is 16.6. The van der Waals surface area contributed by atoms with Crippen LogP contribution >= 0.6 is 0 Å². The van der Waals surface area contributed by atoms with Gasteiger partial charge in [0, 0.05) is 24.2 Å². The first-order valence-corrected chi connectivity index (χ1v) is 7.95. The predicted molar refractivity (Wildman–Crippen MR) is 81.9 cm³/mol. The van der Waals surface area contributed by atoms with Gasteiger partial charge in [0.15, 0.2) is 0 Å². The number of carbonyl (C=O) groups is 1. The van der Waals surface area contributed by atoms with E-state index in [2.05, 4.69) is 0 Å². The summed E-state index contributed by atoms with van der Waals surface area (Å²) in [6, 6.07) is 3.22. The lowest BCUT2D eigenvalue weighted by Gasteiger charge is -2.33. The summed E-state index contributed by atoms with van der Waals surface area (Å²) >= 11 is 0. The third kappa shape index (κ3) is 3.06. The van der Waals surface area contributed by atoms with Crippen molar-refractivity contribution < 1.29 is 14.1 Å². The number of fused-ring (bicyclic) bond motifs is 1. The number of rotatable bonds is 4. The third-order valence-corrected chi connectivity index (χ3v) is 5.14. The summed E-state index contributed by atoms with van der Waals surface area (Å²) in [4.78, 5) is 24.4. The first kappa shape index (κ1) is 15.9. The topological polar surface area (TPSA) is 89.5 Å². The maximum absolute atomic E-state index is 13.5. The summed E-state index contributed by atoms with van der Waals surface area (Å²) < 4.78 is 13.5. The smallest absolute Gasteiger partial charge is 0.274 e. The van der Waals surface area contributed by atoms with Crippen molar-refractivity contribution in [3.8, 4) is 0 Å². The molecule has 3 rings (SSSR count). The number of hydrogen-bond donors (Lipinski definition) is 1. The van der Waals surface area contributed by atoms with Gasteiger partial charge in [-0.15, -0.1) is 0 Å². The number of hydrogen-bond acceptors (Lipinski definition) is 4. The number of nitrogens with two attached hydrogens (primary N) is 1. The van der Waals surface area contributed by atoms with Crippen molar-refractivity contribution >= 4 is 11.6 Å². The monoisotopic (exact) mass is 321 g/mol. The fourth-order valence-electron chi connectivity index (χ4n) is 4.12. The Balaban J connectivity index is 1.91. The van der Waals surface area contributed by atoms with Crippen LogP contribution in [0.5, 0.6) is 0 Å². The third-order valence-electron chi connectivity index (χ3n) is 5.14. The largest absolute Gasteiger partial charge is 0.368 e. The number of amides is 1. The van der Waals surface area contributed by atoms with Crippen LogP contribution in [0.25, 0.3) is 0 Å². The lowest BCUT2D eigenvalue weighted by molar-refractivity contribution is -0.385. The number of nitrogens with zero attached hydrogens (tertiary/aromatic N) is 2. The second-order valence-electron chi connectivity index (χ2n) is 6.47. The second kappa shape index (κ2) is 6.23. The van der Waals surface area contributed by atoms with Crippen molar-refractivity contribution in [2.24, 2.45) is 11.7 Å². The molecular weight excluding hydrogens is 301 g/mol. The molecular formula is C16H20FN3O3. The summed E-state index contributed by atoms with van der Waals surface area (Å²) in [6.07, 6.45) is 4.92. The van der Waals surface area contributed by atoms with Crippen LogP contribution in [-0.2, 0) is 11.3 Å². The first-order chi connectivity index (χ1) is 11.0. The van der Waals surface area contributed by atoms with Crippen LogP contribution in [0.3, 0.4) is 0 Å². The average Bonchev–Trinajstić information content (AvgIpc) is 2.86. The number of likely N-dealkylation sites (tertiary alicyclic amines) is 1. The molecule has 0 aromatic heterocycles. The van der Waals surface area contributed by atoms with E-state index < -0.39 is 22.7 Å². The average molecular weight is 321 g/mol. The molecule has 6 nitrogen and oxygen atoms in total. The van der Waals surface area contributed by atoms with Crippen molar-refractivity contribution in [1.82, 2.24) is 4.90 Å². The molecule has 1 aromatic rings. The molecule has 1 heterocycles. The zero-order valence-electron chi connectivity index (χ0n) is 12.8. The Hall–Kier alpha value is -2.02. The van der Waals surface area contributed by atoms with Crippen LogP contribution in [0.1, 0.15) is 37.7 Å². The Bertz CT molecular complexity index is 637. The van der Waals surface area contributed by atoms with Crippen LogP contribution in [0.4, 0.5) is 10.1 Å². The highest BCUT2D eigenvalue weighted by Crippen LogP contribution is 2.41. The van der Waals surface area contributed by atoms with Gasteiger partial charge in [-0.1, -0.05) is 12.8 Å². The van der Waals surface area contributed by atoms with Gasteiger partial charge in [-0.05, 0) is 37.3 Å². The maximum atomic E-state index is 13.5. The van der Waals surface area contributed by atoms with Gasteiger partial charge in [0.25, 0.3) is 5.69 Å². The van der Waals surface area contributed by atoms with Gasteiger partial charge in [-0.2, -0.15) is 0 Å². The highest BCUT2D eigenvalue weighted by Gasteiger charge is 2.44. The number of carbonyl (C=O) groups excluding carboxylic acids is 1. The van der Waals surface area contributed by atoms with E-state index in [9.17, 15) is 19.3 Å². The van der Waals surface area contributed by atoms with Crippen LogP contribution in [0.15, 0.2) is 18.2 Å². The lowest BCUT2D eigenvalue weighted by Crippen LogP contribution is -2.44. The van der Waals surface area contributed by atoms with Gasteiger partial charge < -0.3 is 5.73 Å². The SMILES string of the molecule is NC(=O)[C@@H]1C[C@H]2CCCC[C@@H]2N1Cc1cc(F)ccc1[N+](=O)[O-]. The molecule has 124 valence electrons. The minimum atomic E-state index is -0.513. The van der Waals surface area contributed by atoms with E-state index in [0.29, 0.717) is 17.9 Å². The van der Waals surface area contributed by atoms with Crippen molar-refractivity contribution in [2.75, 3.05) is 0 Å². The standard InChI is InChI=1S/C16H20FN3O3/c17-12-5-6-14(20(22)23)11(7-12)9-19-13-4-2-1-3-10(13)8-15(19)16(18)21/h5-7,10,13,15H,1-4,8-9H2,(H2,18,21)/t10-,13+,15+/m1/s1. The molecule has 2 fully saturated rings. The normalized spacial score (nSPS) is 27.6. The summed E-state index contributed by atoms with van der Waals surface area (Å²) in [6.45, 7) is 0.183. The fourth-order valence-corrected chi connectivity index (χ4v) is 4.12. The molecule has 1 aromatic carbocycles. The Morgan fingerprint density at radius 1 is 1.39 bits per heavy atom. The predicted octanol–water partition coefficient (Wildman–Crippen LogP) is 2.35. The highest BCUT2D eigenvalue weighted by atomic mass is 19.1. The van der Waals surface area contributed by atoms with E-state index in [1.165, 1.54) is 12.1 Å². The van der Waals surface area contributed by atoms with Gasteiger partial charge in [0.2, 0.25) is 5.91 Å². The van der Waals surface area contributed by atoms with Crippen LogP contribution in [-0.4, -0.2) is 27.8 Å².